The molecule has 0 aliphatic heterocycles. The molecule has 1 rings (SSSR count). The average Bonchev–Trinajstić information content (AvgIpc) is 2.78. The molecular weight excluding hydrogens is 454 g/mol. The van der Waals surface area contributed by atoms with Gasteiger partial charge < -0.3 is 38.9 Å². The third-order valence-electron chi connectivity index (χ3n) is 4.15. The minimum Gasteiger partial charge on any atom is -0.458 e. The molecule has 12 heteroatoms. The third-order valence-corrected chi connectivity index (χ3v) is 4.15. The molecule has 0 unspecified atom stereocenters. The van der Waals surface area contributed by atoms with Gasteiger partial charge in [0.15, 0.2) is 11.5 Å². The maximum Gasteiger partial charge on any atom is 0.513 e. The molecule has 2 atom stereocenters. The third kappa shape index (κ3) is 10.9. The van der Waals surface area contributed by atoms with Crippen molar-refractivity contribution in [3.63, 3.8) is 0 Å². The summed E-state index contributed by atoms with van der Waals surface area (Å²) < 4.78 is 33.8. The van der Waals surface area contributed by atoms with Gasteiger partial charge in [-0.05, 0) is 43.4 Å². The molecule has 0 bridgehead atoms. The van der Waals surface area contributed by atoms with Gasteiger partial charge in [-0.15, -0.1) is 0 Å². The second kappa shape index (κ2) is 14.6. The summed E-state index contributed by atoms with van der Waals surface area (Å²) in [6.07, 6.45) is -2.98. The molecule has 0 spiro atoms. The Morgan fingerprint density at radius 3 is 2.09 bits per heavy atom. The molecule has 0 radical (unpaired) electrons. The molecule has 0 aromatic heterocycles. The second-order valence-electron chi connectivity index (χ2n) is 7.54. The monoisotopic (exact) mass is 485 g/mol. The van der Waals surface area contributed by atoms with Crippen LogP contribution < -0.4 is 15.2 Å². The fraction of sp³-hybridized carbons (Fsp3) is 0.545. The normalized spacial score (nSPS) is 12.2. The van der Waals surface area contributed by atoms with Crippen LogP contribution in [0.1, 0.15) is 32.8 Å². The smallest absolute Gasteiger partial charge is 0.458 e. The zero-order chi connectivity index (χ0) is 25.7. The first-order valence-electron chi connectivity index (χ1n) is 10.5. The Kier molecular flexibility index (Phi) is 12.2. The first kappa shape index (κ1) is 28.5. The van der Waals surface area contributed by atoms with Gasteiger partial charge in [0, 0.05) is 0 Å². The zero-order valence-corrected chi connectivity index (χ0v) is 19.9. The summed E-state index contributed by atoms with van der Waals surface area (Å²) in [6.45, 7) is 5.57. The predicted octanol–water partition coefficient (Wildman–Crippen LogP) is 2.98. The SMILES string of the molecule is COC(=O)Oc1ccc(C[C@H](N)C(=O)O[C@@H](C)COC(=O)OCCC(C)C)cc1OC(=O)OC. The lowest BCUT2D eigenvalue weighted by molar-refractivity contribution is -0.152. The average molecular weight is 485 g/mol. The van der Waals surface area contributed by atoms with Gasteiger partial charge in [-0.2, -0.15) is 0 Å². The van der Waals surface area contributed by atoms with E-state index in [0.29, 0.717) is 17.9 Å². The van der Waals surface area contributed by atoms with Crippen molar-refractivity contribution in [3.8, 4) is 11.5 Å². The van der Waals surface area contributed by atoms with Gasteiger partial charge in [-0.3, -0.25) is 4.79 Å². The molecule has 0 saturated heterocycles. The molecule has 0 fully saturated rings. The van der Waals surface area contributed by atoms with Crippen molar-refractivity contribution in [1.82, 2.24) is 0 Å². The van der Waals surface area contributed by atoms with Crippen molar-refractivity contribution >= 4 is 24.4 Å². The first-order valence-corrected chi connectivity index (χ1v) is 10.5. The molecule has 2 N–H and O–H groups in total. The Labute approximate surface area is 197 Å². The zero-order valence-electron chi connectivity index (χ0n) is 19.9. The van der Waals surface area contributed by atoms with Crippen molar-refractivity contribution in [2.75, 3.05) is 27.4 Å². The van der Waals surface area contributed by atoms with Gasteiger partial charge in [-0.25, -0.2) is 14.4 Å². The topological polar surface area (TPSA) is 159 Å². The standard InChI is InChI=1S/C22H31NO11/c1-13(2)8-9-30-22(27)31-12-14(3)32-19(24)16(23)10-15-6-7-17(33-20(25)28-4)18(11-15)34-21(26)29-5/h6-7,11,13-14,16H,8-10,12,23H2,1-5H3/t14-,16-/m0/s1. The number of methoxy groups -OCH3 is 2. The Morgan fingerprint density at radius 2 is 1.50 bits per heavy atom. The number of carbonyl (C=O) groups excluding carboxylic acids is 4. The van der Waals surface area contributed by atoms with Crippen LogP contribution in [0.2, 0.25) is 0 Å². The second-order valence-corrected chi connectivity index (χ2v) is 7.54. The Morgan fingerprint density at radius 1 is 0.882 bits per heavy atom. The Hall–Kier alpha value is -3.54. The van der Waals surface area contributed by atoms with Crippen LogP contribution in [0.4, 0.5) is 14.4 Å². The van der Waals surface area contributed by atoms with Crippen LogP contribution in [0.5, 0.6) is 11.5 Å². The molecular formula is C22H31NO11. The molecule has 190 valence electrons. The summed E-state index contributed by atoms with van der Waals surface area (Å²) in [5.74, 6) is -0.611. The highest BCUT2D eigenvalue weighted by Crippen LogP contribution is 2.29. The van der Waals surface area contributed by atoms with Gasteiger partial charge in [0.25, 0.3) is 0 Å². The highest BCUT2D eigenvalue weighted by molar-refractivity contribution is 5.76. The highest BCUT2D eigenvalue weighted by Gasteiger charge is 2.22. The molecule has 0 aliphatic rings. The largest absolute Gasteiger partial charge is 0.513 e. The Bertz CT molecular complexity index is 840. The van der Waals surface area contributed by atoms with Crippen LogP contribution in [0.25, 0.3) is 0 Å². The molecule has 34 heavy (non-hydrogen) atoms. The highest BCUT2D eigenvalue weighted by atomic mass is 16.7. The quantitative estimate of drug-likeness (QED) is 0.278. The van der Waals surface area contributed by atoms with Crippen LogP contribution in [-0.4, -0.2) is 64.0 Å². The summed E-state index contributed by atoms with van der Waals surface area (Å²) in [7, 11) is 2.22. The fourth-order valence-electron chi connectivity index (χ4n) is 2.37. The number of benzene rings is 1. The van der Waals surface area contributed by atoms with Crippen LogP contribution in [0, 0.1) is 5.92 Å². The number of ether oxygens (including phenoxy) is 7. The summed E-state index contributed by atoms with van der Waals surface area (Å²) >= 11 is 0. The van der Waals surface area contributed by atoms with Crippen molar-refractivity contribution in [3.05, 3.63) is 23.8 Å². The van der Waals surface area contributed by atoms with Crippen molar-refractivity contribution in [2.24, 2.45) is 11.7 Å². The maximum absolute atomic E-state index is 12.3. The minimum atomic E-state index is -1.08. The maximum atomic E-state index is 12.3. The van der Waals surface area contributed by atoms with E-state index in [4.69, 9.17) is 29.4 Å². The summed E-state index contributed by atoms with van der Waals surface area (Å²) in [5, 5.41) is 0. The van der Waals surface area contributed by atoms with E-state index in [2.05, 4.69) is 9.47 Å². The molecule has 0 aliphatic carbocycles. The summed E-state index contributed by atoms with van der Waals surface area (Å²) in [4.78, 5) is 46.7. The lowest BCUT2D eigenvalue weighted by Crippen LogP contribution is -2.37. The summed E-state index contributed by atoms with van der Waals surface area (Å²) in [5.41, 5.74) is 6.39. The molecule has 1 aromatic rings. The van der Waals surface area contributed by atoms with Gasteiger partial charge in [0.2, 0.25) is 0 Å². The van der Waals surface area contributed by atoms with E-state index >= 15 is 0 Å². The van der Waals surface area contributed by atoms with Crippen molar-refractivity contribution in [2.45, 2.75) is 45.8 Å². The van der Waals surface area contributed by atoms with Gasteiger partial charge in [0.05, 0.1) is 20.8 Å². The van der Waals surface area contributed by atoms with Gasteiger partial charge in [0.1, 0.15) is 18.8 Å². The van der Waals surface area contributed by atoms with Crippen LogP contribution in [0.3, 0.4) is 0 Å². The van der Waals surface area contributed by atoms with Gasteiger partial charge in [-0.1, -0.05) is 19.9 Å². The molecule has 0 saturated carbocycles. The number of hydrogen-bond donors (Lipinski definition) is 1. The van der Waals surface area contributed by atoms with E-state index in [1.165, 1.54) is 25.1 Å². The van der Waals surface area contributed by atoms with E-state index in [9.17, 15) is 19.2 Å². The van der Waals surface area contributed by atoms with E-state index < -0.39 is 36.6 Å². The number of carbonyl (C=O) groups is 4. The fourth-order valence-corrected chi connectivity index (χ4v) is 2.37. The van der Waals surface area contributed by atoms with E-state index in [-0.39, 0.29) is 31.1 Å². The lowest BCUT2D eigenvalue weighted by atomic mass is 10.1. The van der Waals surface area contributed by atoms with E-state index in [1.807, 2.05) is 13.8 Å². The van der Waals surface area contributed by atoms with E-state index in [0.717, 1.165) is 14.2 Å². The van der Waals surface area contributed by atoms with Crippen LogP contribution in [-0.2, 0) is 34.9 Å². The number of nitrogens with two attached hydrogens (primary N) is 1. The molecule has 12 nitrogen and oxygen atoms in total. The minimum absolute atomic E-state index is 0.000306. The van der Waals surface area contributed by atoms with Crippen molar-refractivity contribution in [1.29, 1.82) is 0 Å². The Balaban J connectivity index is 2.66. The predicted molar refractivity (Wildman–Crippen MR) is 116 cm³/mol. The summed E-state index contributed by atoms with van der Waals surface area (Å²) in [6, 6.07) is 3.11. The van der Waals surface area contributed by atoms with Crippen LogP contribution >= 0.6 is 0 Å². The number of rotatable bonds is 11. The number of hydrogen-bond acceptors (Lipinski definition) is 12. The number of esters is 1. The molecule has 1 aromatic carbocycles. The van der Waals surface area contributed by atoms with Crippen LogP contribution in [0.15, 0.2) is 18.2 Å². The molecule has 0 heterocycles. The van der Waals surface area contributed by atoms with Gasteiger partial charge >= 0.3 is 24.4 Å². The first-order chi connectivity index (χ1) is 16.0. The van der Waals surface area contributed by atoms with Crippen molar-refractivity contribution < 1.29 is 52.3 Å². The molecule has 0 amide bonds. The lowest BCUT2D eigenvalue weighted by Gasteiger charge is -2.17. The van der Waals surface area contributed by atoms with E-state index in [1.54, 1.807) is 0 Å².